The summed E-state index contributed by atoms with van der Waals surface area (Å²) >= 11 is 0. The number of likely N-dealkylation sites (tertiary alicyclic amines) is 2. The smallest absolute Gasteiger partial charge is 0.410 e. The molecule has 8 nitrogen and oxygen atoms in total. The van der Waals surface area contributed by atoms with Gasteiger partial charge in [-0.1, -0.05) is 30.3 Å². The summed E-state index contributed by atoms with van der Waals surface area (Å²) in [6.07, 6.45) is -1.02. The zero-order chi connectivity index (χ0) is 21.4. The number of carboxylic acids is 1. The maximum absolute atomic E-state index is 12.6. The molecule has 1 spiro atoms. The lowest BCUT2D eigenvalue weighted by atomic mass is 9.62. The number of rotatable bonds is 3. The zero-order valence-corrected chi connectivity index (χ0v) is 17.3. The molecule has 2 amide bonds. The van der Waals surface area contributed by atoms with E-state index in [1.165, 1.54) is 9.80 Å². The van der Waals surface area contributed by atoms with E-state index in [2.05, 4.69) is 0 Å². The quantitative estimate of drug-likeness (QED) is 0.832. The van der Waals surface area contributed by atoms with E-state index in [1.54, 1.807) is 27.7 Å². The Morgan fingerprint density at radius 1 is 1.00 bits per heavy atom. The van der Waals surface area contributed by atoms with E-state index < -0.39 is 34.6 Å². The number of carboxylic acid groups (broad SMARTS) is 1. The van der Waals surface area contributed by atoms with Gasteiger partial charge in [0, 0.05) is 31.6 Å². The summed E-state index contributed by atoms with van der Waals surface area (Å²) in [7, 11) is 0. The fourth-order valence-electron chi connectivity index (χ4n) is 3.97. The van der Waals surface area contributed by atoms with Crippen molar-refractivity contribution in [3.63, 3.8) is 0 Å². The summed E-state index contributed by atoms with van der Waals surface area (Å²) in [5.74, 6) is -0.986. The van der Waals surface area contributed by atoms with Gasteiger partial charge in [0.15, 0.2) is 0 Å². The highest BCUT2D eigenvalue weighted by molar-refractivity contribution is 5.80. The van der Waals surface area contributed by atoms with E-state index in [4.69, 9.17) is 9.47 Å². The first-order valence-corrected chi connectivity index (χ1v) is 9.63. The van der Waals surface area contributed by atoms with Crippen LogP contribution < -0.4 is 0 Å². The Kier molecular flexibility index (Phi) is 5.23. The second kappa shape index (κ2) is 7.24. The molecule has 3 rings (SSSR count). The molecular formula is C21H28N2O6. The van der Waals surface area contributed by atoms with Gasteiger partial charge in [-0.05, 0) is 33.3 Å². The minimum atomic E-state index is -1.17. The highest BCUT2D eigenvalue weighted by atomic mass is 16.6. The first-order chi connectivity index (χ1) is 13.5. The maximum Gasteiger partial charge on any atom is 0.410 e. The minimum Gasteiger partial charge on any atom is -0.481 e. The second-order valence-corrected chi connectivity index (χ2v) is 9.15. The minimum absolute atomic E-state index is 0.0398. The highest BCUT2D eigenvalue weighted by Gasteiger charge is 2.66. The summed E-state index contributed by atoms with van der Waals surface area (Å²) in [6.45, 7) is 7.82. The first-order valence-electron chi connectivity index (χ1n) is 9.63. The predicted octanol–water partition coefficient (Wildman–Crippen LogP) is 2.97. The molecule has 0 saturated carbocycles. The lowest BCUT2D eigenvalue weighted by Crippen LogP contribution is -2.67. The normalized spacial score (nSPS) is 22.9. The summed E-state index contributed by atoms with van der Waals surface area (Å²) in [5, 5.41) is 9.88. The lowest BCUT2D eigenvalue weighted by molar-refractivity contribution is -0.161. The SMILES string of the molecule is CC(C)(C)OC(=O)N1CC2(CN(C(=O)OCc3ccccc3)CC2(C)C(=O)O)C1. The van der Waals surface area contributed by atoms with Gasteiger partial charge < -0.3 is 24.4 Å². The first kappa shape index (κ1) is 21.0. The van der Waals surface area contributed by atoms with E-state index in [0.717, 1.165) is 5.56 Å². The fourth-order valence-corrected chi connectivity index (χ4v) is 3.97. The van der Waals surface area contributed by atoms with Crippen LogP contribution in [0.2, 0.25) is 0 Å². The van der Waals surface area contributed by atoms with Crippen molar-refractivity contribution in [3.05, 3.63) is 35.9 Å². The van der Waals surface area contributed by atoms with Gasteiger partial charge in [0.05, 0.1) is 5.41 Å². The number of nitrogens with zero attached hydrogens (tertiary/aromatic N) is 2. The number of hydrogen-bond donors (Lipinski definition) is 1. The van der Waals surface area contributed by atoms with E-state index in [1.807, 2.05) is 30.3 Å². The van der Waals surface area contributed by atoms with Gasteiger partial charge >= 0.3 is 18.2 Å². The van der Waals surface area contributed by atoms with Gasteiger partial charge in [0.25, 0.3) is 0 Å². The molecule has 2 saturated heterocycles. The summed E-state index contributed by atoms with van der Waals surface area (Å²) in [6, 6.07) is 9.29. The van der Waals surface area contributed by atoms with Crippen LogP contribution in [0.25, 0.3) is 0 Å². The van der Waals surface area contributed by atoms with Gasteiger partial charge in [0.1, 0.15) is 12.2 Å². The van der Waals surface area contributed by atoms with E-state index in [9.17, 15) is 19.5 Å². The number of carbonyl (C=O) groups excluding carboxylic acids is 2. The Hall–Kier alpha value is -2.77. The van der Waals surface area contributed by atoms with Crippen molar-refractivity contribution in [1.82, 2.24) is 9.80 Å². The van der Waals surface area contributed by atoms with Crippen LogP contribution in [0.3, 0.4) is 0 Å². The Morgan fingerprint density at radius 2 is 1.55 bits per heavy atom. The van der Waals surface area contributed by atoms with Crippen molar-refractivity contribution in [2.24, 2.45) is 10.8 Å². The number of ether oxygens (including phenoxy) is 2. The average Bonchev–Trinajstić information content (AvgIpc) is 2.93. The van der Waals surface area contributed by atoms with Gasteiger partial charge in [-0.3, -0.25) is 4.79 Å². The molecule has 0 bridgehead atoms. The standard InChI is InChI=1S/C21H28N2O6/c1-19(2,3)29-18(27)23-13-21(14-23)12-22(11-20(21,4)16(24)25)17(26)28-10-15-8-6-5-7-9-15/h5-9H,10-14H2,1-4H3,(H,24,25). The number of hydrogen-bond acceptors (Lipinski definition) is 5. The van der Waals surface area contributed by atoms with Crippen molar-refractivity contribution < 1.29 is 29.0 Å². The van der Waals surface area contributed by atoms with Crippen LogP contribution in [0.4, 0.5) is 9.59 Å². The van der Waals surface area contributed by atoms with E-state index >= 15 is 0 Å². The third-order valence-electron chi connectivity index (χ3n) is 5.75. The number of amides is 2. The summed E-state index contributed by atoms with van der Waals surface area (Å²) in [5.41, 5.74) is -1.66. The van der Waals surface area contributed by atoms with Gasteiger partial charge in [0.2, 0.25) is 0 Å². The average molecular weight is 404 g/mol. The molecule has 2 fully saturated rings. The Balaban J connectivity index is 1.66. The predicted molar refractivity (Wildman–Crippen MR) is 104 cm³/mol. The fraction of sp³-hybridized carbons (Fsp3) is 0.571. The molecular weight excluding hydrogens is 376 g/mol. The van der Waals surface area contributed by atoms with Crippen LogP contribution in [-0.2, 0) is 20.9 Å². The summed E-state index contributed by atoms with van der Waals surface area (Å²) < 4.78 is 10.7. The van der Waals surface area contributed by atoms with Crippen molar-refractivity contribution in [1.29, 1.82) is 0 Å². The second-order valence-electron chi connectivity index (χ2n) is 9.15. The zero-order valence-electron chi connectivity index (χ0n) is 17.3. The Morgan fingerprint density at radius 3 is 2.07 bits per heavy atom. The van der Waals surface area contributed by atoms with Gasteiger partial charge in [-0.25, -0.2) is 9.59 Å². The molecule has 1 aromatic rings. The van der Waals surface area contributed by atoms with Crippen molar-refractivity contribution >= 4 is 18.2 Å². The van der Waals surface area contributed by atoms with Crippen molar-refractivity contribution in [2.45, 2.75) is 39.9 Å². The topological polar surface area (TPSA) is 96.4 Å². The molecule has 0 aliphatic carbocycles. The van der Waals surface area contributed by atoms with Crippen molar-refractivity contribution in [2.75, 3.05) is 26.2 Å². The molecule has 2 aliphatic heterocycles. The highest BCUT2D eigenvalue weighted by Crippen LogP contribution is 2.52. The van der Waals surface area contributed by atoms with E-state index in [0.29, 0.717) is 0 Å². The van der Waals surface area contributed by atoms with Crippen LogP contribution in [-0.4, -0.2) is 64.8 Å². The molecule has 29 heavy (non-hydrogen) atoms. The number of aliphatic carboxylic acids is 1. The third-order valence-corrected chi connectivity index (χ3v) is 5.75. The molecule has 1 N–H and O–H groups in total. The molecule has 1 unspecified atom stereocenters. The molecule has 2 heterocycles. The van der Waals surface area contributed by atoms with Gasteiger partial charge in [-0.15, -0.1) is 0 Å². The number of benzene rings is 1. The van der Waals surface area contributed by atoms with Crippen molar-refractivity contribution in [3.8, 4) is 0 Å². The molecule has 1 atom stereocenters. The molecule has 1 aromatic carbocycles. The number of carbonyl (C=O) groups is 3. The summed E-state index contributed by atoms with van der Waals surface area (Å²) in [4.78, 5) is 39.8. The van der Waals surface area contributed by atoms with Crippen LogP contribution in [0.5, 0.6) is 0 Å². The molecule has 8 heteroatoms. The molecule has 2 aliphatic rings. The van der Waals surface area contributed by atoms with Crippen LogP contribution in [0.1, 0.15) is 33.3 Å². The van der Waals surface area contributed by atoms with Crippen LogP contribution >= 0.6 is 0 Å². The lowest BCUT2D eigenvalue weighted by Gasteiger charge is -2.53. The van der Waals surface area contributed by atoms with Crippen LogP contribution in [0, 0.1) is 10.8 Å². The Labute approximate surface area is 170 Å². The van der Waals surface area contributed by atoms with Crippen LogP contribution in [0.15, 0.2) is 30.3 Å². The molecule has 0 radical (unpaired) electrons. The van der Waals surface area contributed by atoms with E-state index in [-0.39, 0.29) is 32.8 Å². The third kappa shape index (κ3) is 4.02. The maximum atomic E-state index is 12.6. The molecule has 0 aromatic heterocycles. The largest absolute Gasteiger partial charge is 0.481 e. The monoisotopic (exact) mass is 404 g/mol. The Bertz CT molecular complexity index is 797. The molecule has 158 valence electrons. The van der Waals surface area contributed by atoms with Gasteiger partial charge in [-0.2, -0.15) is 0 Å².